The van der Waals surface area contributed by atoms with E-state index in [1.54, 1.807) is 42.0 Å². The minimum absolute atomic E-state index is 0.0543. The molecule has 2 aromatic carbocycles. The molecule has 0 unspecified atom stereocenters. The van der Waals surface area contributed by atoms with Gasteiger partial charge in [0, 0.05) is 31.3 Å². The monoisotopic (exact) mass is 610 g/mol. The van der Waals surface area contributed by atoms with Crippen molar-refractivity contribution >= 4 is 22.9 Å². The highest BCUT2D eigenvalue weighted by molar-refractivity contribution is 5.97. The van der Waals surface area contributed by atoms with Crippen LogP contribution >= 0.6 is 0 Å². The first kappa shape index (κ1) is 31.4. The molecule has 0 bridgehead atoms. The van der Waals surface area contributed by atoms with Gasteiger partial charge in [0.05, 0.1) is 12.3 Å². The highest BCUT2D eigenvalue weighted by atomic mass is 16.5. The number of carbonyl (C=O) groups excluding carboxylic acids is 1. The van der Waals surface area contributed by atoms with Crippen LogP contribution in [0.5, 0.6) is 11.5 Å². The molecule has 0 saturated heterocycles. The molecule has 2 heterocycles. The first-order chi connectivity index (χ1) is 21.7. The van der Waals surface area contributed by atoms with Gasteiger partial charge in [0.2, 0.25) is 0 Å². The molecule has 1 amide bonds. The molecule has 0 radical (unpaired) electrons. The third kappa shape index (κ3) is 7.22. The van der Waals surface area contributed by atoms with Gasteiger partial charge in [-0.15, -0.1) is 0 Å². The van der Waals surface area contributed by atoms with Crippen LogP contribution in [0, 0.1) is 11.3 Å². The summed E-state index contributed by atoms with van der Waals surface area (Å²) in [6.45, 7) is 4.90. The number of para-hydroxylation sites is 1. The van der Waals surface area contributed by atoms with E-state index in [4.69, 9.17) is 15.2 Å². The molecule has 1 aliphatic carbocycles. The highest BCUT2D eigenvalue weighted by Crippen LogP contribution is 2.32. The van der Waals surface area contributed by atoms with Gasteiger partial charge in [-0.2, -0.15) is 5.26 Å². The number of nitrogen functional groups attached to an aromatic ring is 1. The Morgan fingerprint density at radius 2 is 1.78 bits per heavy atom. The quantitative estimate of drug-likeness (QED) is 0.129. The summed E-state index contributed by atoms with van der Waals surface area (Å²) in [4.78, 5) is 35.6. The van der Waals surface area contributed by atoms with Gasteiger partial charge in [0.15, 0.2) is 11.5 Å². The van der Waals surface area contributed by atoms with Crippen molar-refractivity contribution in [3.63, 3.8) is 0 Å². The number of anilines is 1. The summed E-state index contributed by atoms with van der Waals surface area (Å²) < 4.78 is 14.2. The zero-order valence-electron chi connectivity index (χ0n) is 25.7. The molecule has 12 heteroatoms. The zero-order chi connectivity index (χ0) is 32.0. The van der Waals surface area contributed by atoms with Gasteiger partial charge in [0.25, 0.3) is 5.91 Å². The molecular weight excluding hydrogens is 572 g/mol. The maximum atomic E-state index is 14.0. The minimum Gasteiger partial charge on any atom is -0.457 e. The fourth-order valence-electron chi connectivity index (χ4n) is 5.70. The van der Waals surface area contributed by atoms with E-state index in [-0.39, 0.29) is 29.2 Å². The Balaban J connectivity index is 1.32. The second-order valence-corrected chi connectivity index (χ2v) is 11.6. The summed E-state index contributed by atoms with van der Waals surface area (Å²) in [5, 5.41) is 16.0. The first-order valence-corrected chi connectivity index (χ1v) is 15.0. The summed E-state index contributed by atoms with van der Waals surface area (Å²) in [5.41, 5.74) is 7.04. The fraction of sp³-hybridized carbons (Fsp3) is 0.364. The Labute approximate surface area is 261 Å². The van der Waals surface area contributed by atoms with E-state index in [2.05, 4.69) is 20.6 Å². The molecule has 0 aliphatic heterocycles. The lowest BCUT2D eigenvalue weighted by atomic mass is 9.90. The van der Waals surface area contributed by atoms with Crippen molar-refractivity contribution in [2.45, 2.75) is 57.2 Å². The molecule has 4 aromatic rings. The van der Waals surface area contributed by atoms with Crippen LogP contribution in [-0.2, 0) is 9.53 Å². The first-order valence-electron chi connectivity index (χ1n) is 15.0. The number of nitriles is 1. The second kappa shape index (κ2) is 13.8. The summed E-state index contributed by atoms with van der Waals surface area (Å²) >= 11 is 0. The number of nitrogens with two attached hydrogens (primary N) is 1. The van der Waals surface area contributed by atoms with Crippen LogP contribution in [-0.4, -0.2) is 56.9 Å². The molecule has 1 aliphatic rings. The Bertz CT molecular complexity index is 1760. The lowest BCUT2D eigenvalue weighted by molar-refractivity contribution is -0.118. The number of hydrogen-bond acceptors (Lipinski definition) is 9. The number of carbonyl (C=O) groups is 1. The molecule has 0 atom stereocenters. The van der Waals surface area contributed by atoms with Crippen molar-refractivity contribution < 1.29 is 14.3 Å². The van der Waals surface area contributed by atoms with E-state index in [9.17, 15) is 14.9 Å². The molecule has 2 aromatic heterocycles. The molecule has 1 saturated carbocycles. The van der Waals surface area contributed by atoms with Crippen LogP contribution in [0.2, 0.25) is 0 Å². The summed E-state index contributed by atoms with van der Waals surface area (Å²) in [6.07, 6.45) is 5.54. The number of hydrogen-bond donors (Lipinski definition) is 3. The van der Waals surface area contributed by atoms with Gasteiger partial charge in [-0.05, 0) is 82.0 Å². The average Bonchev–Trinajstić information content (AvgIpc) is 3.34. The Morgan fingerprint density at radius 1 is 1.09 bits per heavy atom. The van der Waals surface area contributed by atoms with Gasteiger partial charge >= 0.3 is 5.69 Å². The van der Waals surface area contributed by atoms with E-state index in [0.717, 1.165) is 0 Å². The van der Waals surface area contributed by atoms with Crippen LogP contribution in [0.3, 0.4) is 0 Å². The van der Waals surface area contributed by atoms with E-state index < -0.39 is 11.4 Å². The van der Waals surface area contributed by atoms with E-state index >= 15 is 0 Å². The molecule has 1 fully saturated rings. The van der Waals surface area contributed by atoms with Crippen molar-refractivity contribution in [3.8, 4) is 23.3 Å². The summed E-state index contributed by atoms with van der Waals surface area (Å²) in [6, 6.07) is 18.4. The largest absolute Gasteiger partial charge is 0.457 e. The molecule has 4 N–H and O–H groups in total. The number of rotatable bonds is 11. The highest BCUT2D eigenvalue weighted by Gasteiger charge is 2.30. The SMILES string of the molecule is COCCNC(C)(C)C=C(C#N)C(=O)NC1CCC(n2c(=O)n(-c3ccc(Oc4ccccc4)cc3)c3c(N)ncnc32)CC1. The summed E-state index contributed by atoms with van der Waals surface area (Å²) in [7, 11) is 1.62. The van der Waals surface area contributed by atoms with Crippen molar-refractivity contribution in [2.24, 2.45) is 0 Å². The van der Waals surface area contributed by atoms with Crippen LogP contribution < -0.4 is 26.8 Å². The van der Waals surface area contributed by atoms with Gasteiger partial charge in [0.1, 0.15) is 35.0 Å². The second-order valence-electron chi connectivity index (χ2n) is 11.6. The number of nitrogens with zero attached hydrogens (tertiary/aromatic N) is 5. The topological polar surface area (TPSA) is 162 Å². The van der Waals surface area contributed by atoms with Crippen LogP contribution in [0.4, 0.5) is 5.82 Å². The number of imidazole rings is 1. The maximum Gasteiger partial charge on any atom is 0.335 e. The minimum atomic E-state index is -0.563. The number of ether oxygens (including phenoxy) is 2. The van der Waals surface area contributed by atoms with Gasteiger partial charge in [-0.3, -0.25) is 13.9 Å². The third-order valence-corrected chi connectivity index (χ3v) is 7.91. The van der Waals surface area contributed by atoms with Crippen molar-refractivity contribution in [1.29, 1.82) is 5.26 Å². The number of amides is 1. The van der Waals surface area contributed by atoms with E-state index in [0.29, 0.717) is 67.2 Å². The number of fused-ring (bicyclic) bond motifs is 1. The third-order valence-electron chi connectivity index (χ3n) is 7.91. The predicted molar refractivity (Wildman–Crippen MR) is 171 cm³/mol. The molecule has 45 heavy (non-hydrogen) atoms. The van der Waals surface area contributed by atoms with E-state index in [1.807, 2.05) is 50.2 Å². The molecule has 12 nitrogen and oxygen atoms in total. The lowest BCUT2D eigenvalue weighted by Crippen LogP contribution is -2.42. The maximum absolute atomic E-state index is 14.0. The van der Waals surface area contributed by atoms with Crippen LogP contribution in [0.25, 0.3) is 16.9 Å². The molecule has 234 valence electrons. The van der Waals surface area contributed by atoms with Gasteiger partial charge < -0.3 is 25.8 Å². The predicted octanol–water partition coefficient (Wildman–Crippen LogP) is 4.02. The number of aromatic nitrogens is 4. The molecule has 0 spiro atoms. The van der Waals surface area contributed by atoms with Gasteiger partial charge in [-0.25, -0.2) is 14.8 Å². The average molecular weight is 611 g/mol. The fourth-order valence-corrected chi connectivity index (χ4v) is 5.70. The van der Waals surface area contributed by atoms with Crippen molar-refractivity contribution in [2.75, 3.05) is 26.0 Å². The summed E-state index contributed by atoms with van der Waals surface area (Å²) in [5.74, 6) is 1.14. The van der Waals surface area contributed by atoms with Gasteiger partial charge in [-0.1, -0.05) is 18.2 Å². The lowest BCUT2D eigenvalue weighted by Gasteiger charge is -2.30. The Morgan fingerprint density at radius 3 is 2.44 bits per heavy atom. The molecular formula is C33H38N8O4. The molecule has 5 rings (SSSR count). The number of nitrogens with one attached hydrogen (secondary N) is 2. The smallest absolute Gasteiger partial charge is 0.335 e. The Hall–Kier alpha value is -4.99. The standard InChI is InChI=1S/C33H38N8O4/c1-33(2,38-17-18-44-3)19-22(20-34)31(42)39-23-9-11-25(12-10-23)41-30-28(29(35)36-21-37-30)40(32(41)43)24-13-15-27(16-14-24)45-26-7-5-4-6-8-26/h4-8,13-16,19,21,23,25,38H,9-12,17-18H2,1-3H3,(H,39,42)(H2,35,36,37). The normalized spacial score (nSPS) is 17.2. The van der Waals surface area contributed by atoms with Crippen LogP contribution in [0.1, 0.15) is 45.6 Å². The van der Waals surface area contributed by atoms with Crippen molar-refractivity contribution in [3.05, 3.63) is 83.1 Å². The number of methoxy groups -OCH3 is 1. The zero-order valence-corrected chi connectivity index (χ0v) is 25.7. The Kier molecular flexibility index (Phi) is 9.61. The number of benzene rings is 2. The van der Waals surface area contributed by atoms with Crippen LogP contribution in [0.15, 0.2) is 77.4 Å². The van der Waals surface area contributed by atoms with E-state index in [1.165, 1.54) is 10.9 Å². The van der Waals surface area contributed by atoms with Crippen molar-refractivity contribution in [1.82, 2.24) is 29.7 Å².